The van der Waals surface area contributed by atoms with Crippen molar-refractivity contribution in [3.8, 4) is 17.3 Å². The summed E-state index contributed by atoms with van der Waals surface area (Å²) in [5.74, 6) is 0.365. The van der Waals surface area contributed by atoms with Crippen molar-refractivity contribution >= 4 is 23.3 Å². The van der Waals surface area contributed by atoms with E-state index < -0.39 is 6.04 Å². The lowest BCUT2D eigenvalue weighted by molar-refractivity contribution is -0.129. The zero-order valence-corrected chi connectivity index (χ0v) is 16.6. The summed E-state index contributed by atoms with van der Waals surface area (Å²) in [6, 6.07) is 3.29. The number of carbonyl (C=O) groups is 2. The van der Waals surface area contributed by atoms with Crippen molar-refractivity contribution in [3.05, 3.63) is 30.4 Å². The molecular formula is C20H23N7O2. The van der Waals surface area contributed by atoms with Crippen LogP contribution in [0.3, 0.4) is 0 Å². The highest BCUT2D eigenvalue weighted by Gasteiger charge is 2.29. The van der Waals surface area contributed by atoms with E-state index in [2.05, 4.69) is 25.6 Å². The molecule has 3 rings (SSSR count). The van der Waals surface area contributed by atoms with Gasteiger partial charge in [-0.15, -0.1) is 0 Å². The second-order valence-electron chi connectivity index (χ2n) is 7.12. The van der Waals surface area contributed by atoms with Crippen molar-refractivity contribution in [2.45, 2.75) is 32.2 Å². The van der Waals surface area contributed by atoms with Crippen LogP contribution in [-0.4, -0.2) is 51.8 Å². The number of nitriles is 1. The van der Waals surface area contributed by atoms with E-state index in [0.29, 0.717) is 29.2 Å². The van der Waals surface area contributed by atoms with Crippen LogP contribution in [0.4, 0.5) is 11.5 Å². The summed E-state index contributed by atoms with van der Waals surface area (Å²) in [6.07, 6.45) is 6.95. The molecule has 1 aliphatic carbocycles. The Balaban J connectivity index is 1.81. The molecule has 1 atom stereocenters. The number of amides is 2. The molecule has 1 fully saturated rings. The van der Waals surface area contributed by atoms with Crippen LogP contribution in [0.25, 0.3) is 11.3 Å². The Bertz CT molecular complexity index is 946. The molecule has 2 aromatic heterocycles. The lowest BCUT2D eigenvalue weighted by atomic mass is 10.1. The van der Waals surface area contributed by atoms with Crippen LogP contribution >= 0.6 is 0 Å². The fourth-order valence-corrected chi connectivity index (χ4v) is 2.76. The summed E-state index contributed by atoms with van der Waals surface area (Å²) < 4.78 is 0. The molecule has 1 aliphatic rings. The van der Waals surface area contributed by atoms with Crippen LogP contribution in [0, 0.1) is 17.2 Å². The largest absolute Gasteiger partial charge is 0.371 e. The molecule has 0 spiro atoms. The van der Waals surface area contributed by atoms with Gasteiger partial charge in [0.15, 0.2) is 11.5 Å². The third kappa shape index (κ3) is 4.85. The van der Waals surface area contributed by atoms with Gasteiger partial charge in [0.1, 0.15) is 12.1 Å². The Morgan fingerprint density at radius 1 is 1.24 bits per heavy atom. The molecule has 2 N–H and O–H groups in total. The number of carbonyl (C=O) groups excluding carboxylic acids is 2. The highest BCUT2D eigenvalue weighted by atomic mass is 16.2. The highest BCUT2D eigenvalue weighted by molar-refractivity contribution is 5.93. The van der Waals surface area contributed by atoms with Crippen molar-refractivity contribution in [1.29, 1.82) is 5.26 Å². The van der Waals surface area contributed by atoms with Gasteiger partial charge in [-0.3, -0.25) is 14.6 Å². The van der Waals surface area contributed by atoms with Crippen LogP contribution in [0.1, 0.15) is 31.9 Å². The molecule has 150 valence electrons. The van der Waals surface area contributed by atoms with E-state index in [1.807, 2.05) is 13.0 Å². The van der Waals surface area contributed by atoms with E-state index in [1.165, 1.54) is 23.5 Å². The summed E-state index contributed by atoms with van der Waals surface area (Å²) in [7, 11) is 3.37. The van der Waals surface area contributed by atoms with E-state index in [-0.39, 0.29) is 23.4 Å². The van der Waals surface area contributed by atoms with Gasteiger partial charge < -0.3 is 15.5 Å². The molecule has 2 amide bonds. The lowest BCUT2D eigenvalue weighted by Gasteiger charge is -2.22. The smallest absolute Gasteiger partial charge is 0.244 e. The minimum atomic E-state index is -0.472. The number of nitrogens with zero attached hydrogens (tertiary/aromatic N) is 5. The van der Waals surface area contributed by atoms with Crippen molar-refractivity contribution < 1.29 is 9.59 Å². The second-order valence-corrected chi connectivity index (χ2v) is 7.12. The average molecular weight is 393 g/mol. The predicted molar refractivity (Wildman–Crippen MR) is 108 cm³/mol. The highest BCUT2D eigenvalue weighted by Crippen LogP contribution is 2.30. The van der Waals surface area contributed by atoms with Crippen molar-refractivity contribution in [1.82, 2.24) is 19.9 Å². The molecule has 0 saturated heterocycles. The van der Waals surface area contributed by atoms with E-state index in [4.69, 9.17) is 0 Å². The van der Waals surface area contributed by atoms with Gasteiger partial charge in [0, 0.05) is 31.8 Å². The zero-order chi connectivity index (χ0) is 21.0. The van der Waals surface area contributed by atoms with Crippen molar-refractivity contribution in [3.63, 3.8) is 0 Å². The Morgan fingerprint density at radius 2 is 2.00 bits per heavy atom. The monoisotopic (exact) mass is 393 g/mol. The fourth-order valence-electron chi connectivity index (χ4n) is 2.76. The van der Waals surface area contributed by atoms with E-state index in [9.17, 15) is 14.9 Å². The fraction of sp³-hybridized carbons (Fsp3) is 0.400. The Labute approximate surface area is 169 Å². The Kier molecular flexibility index (Phi) is 6.02. The van der Waals surface area contributed by atoms with E-state index >= 15 is 0 Å². The summed E-state index contributed by atoms with van der Waals surface area (Å²) in [5, 5.41) is 15.2. The first-order valence-electron chi connectivity index (χ1n) is 9.44. The van der Waals surface area contributed by atoms with Gasteiger partial charge >= 0.3 is 0 Å². The molecule has 29 heavy (non-hydrogen) atoms. The Hall–Kier alpha value is -3.54. The van der Waals surface area contributed by atoms with Gasteiger partial charge in [0.05, 0.1) is 23.8 Å². The topological polar surface area (TPSA) is 124 Å². The average Bonchev–Trinajstić information content (AvgIpc) is 3.57. The first kappa shape index (κ1) is 20.2. The summed E-state index contributed by atoms with van der Waals surface area (Å²) in [6.45, 7) is 1.89. The molecule has 0 radical (unpaired) electrons. The molecule has 2 aromatic rings. The van der Waals surface area contributed by atoms with Gasteiger partial charge in [-0.05, 0) is 25.3 Å². The number of rotatable bonds is 7. The lowest BCUT2D eigenvalue weighted by Crippen LogP contribution is -2.38. The summed E-state index contributed by atoms with van der Waals surface area (Å²) in [4.78, 5) is 38.4. The molecule has 1 saturated carbocycles. The molecule has 0 aromatic carbocycles. The number of likely N-dealkylation sites (N-methyl/N-ethyl adjacent to an activating group) is 1. The standard InChI is InChI=1S/C20H23N7O2/c1-4-14(20(29)27(2)3)25-15-7-13(9-22-16(15)8-21)17-10-24-18(11-23-17)26-19(28)12-5-6-12/h7,9-12,14,25H,4-6H2,1-3H3,(H,24,26,28)/t14-/m0/s1. The normalized spacial score (nSPS) is 13.9. The maximum Gasteiger partial charge on any atom is 0.244 e. The third-order valence-electron chi connectivity index (χ3n) is 4.62. The van der Waals surface area contributed by atoms with Crippen LogP contribution in [0.5, 0.6) is 0 Å². The van der Waals surface area contributed by atoms with Crippen LogP contribution in [-0.2, 0) is 9.59 Å². The molecule has 0 unspecified atom stereocenters. The maximum atomic E-state index is 12.3. The van der Waals surface area contributed by atoms with Gasteiger partial charge in [-0.1, -0.05) is 6.92 Å². The molecule has 9 heteroatoms. The predicted octanol–water partition coefficient (Wildman–Crippen LogP) is 2.04. The first-order chi connectivity index (χ1) is 13.9. The number of nitrogens with one attached hydrogen (secondary N) is 2. The van der Waals surface area contributed by atoms with Gasteiger partial charge in [0.2, 0.25) is 11.8 Å². The molecule has 2 heterocycles. The van der Waals surface area contributed by atoms with Gasteiger partial charge in [-0.25, -0.2) is 9.97 Å². The first-order valence-corrected chi connectivity index (χ1v) is 9.44. The number of hydrogen-bond acceptors (Lipinski definition) is 7. The second kappa shape index (κ2) is 8.65. The zero-order valence-electron chi connectivity index (χ0n) is 16.6. The van der Waals surface area contributed by atoms with Crippen LogP contribution < -0.4 is 10.6 Å². The number of hydrogen-bond donors (Lipinski definition) is 2. The number of aromatic nitrogens is 3. The number of pyridine rings is 1. The van der Waals surface area contributed by atoms with Gasteiger partial charge in [-0.2, -0.15) is 5.26 Å². The minimum Gasteiger partial charge on any atom is -0.371 e. The minimum absolute atomic E-state index is 0.0326. The molecule has 0 aliphatic heterocycles. The molecular weight excluding hydrogens is 370 g/mol. The van der Waals surface area contributed by atoms with E-state index in [0.717, 1.165) is 12.8 Å². The molecule has 9 nitrogen and oxygen atoms in total. The summed E-state index contributed by atoms with van der Waals surface area (Å²) in [5.41, 5.74) is 1.84. The third-order valence-corrected chi connectivity index (χ3v) is 4.62. The van der Waals surface area contributed by atoms with Gasteiger partial charge in [0.25, 0.3) is 0 Å². The van der Waals surface area contributed by atoms with E-state index in [1.54, 1.807) is 20.2 Å². The SMILES string of the molecule is CC[C@H](Nc1cc(-c2cnc(NC(=O)C3CC3)cn2)cnc1C#N)C(=O)N(C)C. The van der Waals surface area contributed by atoms with Crippen molar-refractivity contribution in [2.24, 2.45) is 5.92 Å². The quantitative estimate of drug-likeness (QED) is 0.737. The van der Waals surface area contributed by atoms with Crippen molar-refractivity contribution in [2.75, 3.05) is 24.7 Å². The van der Waals surface area contributed by atoms with Crippen LogP contribution in [0.2, 0.25) is 0 Å². The maximum absolute atomic E-state index is 12.3. The van der Waals surface area contributed by atoms with Crippen LogP contribution in [0.15, 0.2) is 24.7 Å². The summed E-state index contributed by atoms with van der Waals surface area (Å²) >= 11 is 0. The Morgan fingerprint density at radius 3 is 2.55 bits per heavy atom. The molecule has 0 bridgehead atoms. The number of anilines is 2.